The van der Waals surface area contributed by atoms with Gasteiger partial charge >= 0.3 is 0 Å². The molecule has 12 rings (SSSR count). The van der Waals surface area contributed by atoms with Gasteiger partial charge in [-0.25, -0.2) is 15.0 Å². The van der Waals surface area contributed by atoms with E-state index in [1.165, 1.54) is 27.1 Å². The van der Waals surface area contributed by atoms with Crippen molar-refractivity contribution < 1.29 is 4.42 Å². The quantitative estimate of drug-likeness (QED) is 0.177. The van der Waals surface area contributed by atoms with Crippen molar-refractivity contribution in [3.8, 4) is 45.5 Å². The molecule has 0 aliphatic carbocycles. The molecular weight excluding hydrogens is 699 g/mol. The number of rotatable bonds is 5. The molecule has 266 valence electrons. The van der Waals surface area contributed by atoms with E-state index in [1.807, 2.05) is 72.8 Å². The maximum Gasteiger partial charge on any atom is 0.164 e. The Labute approximate surface area is 326 Å². The van der Waals surface area contributed by atoms with Crippen LogP contribution in [0, 0.1) is 0 Å². The minimum absolute atomic E-state index is 0.570. The molecule has 0 saturated heterocycles. The Morgan fingerprint density at radius 2 is 0.807 bits per heavy atom. The van der Waals surface area contributed by atoms with Crippen LogP contribution in [0.1, 0.15) is 0 Å². The summed E-state index contributed by atoms with van der Waals surface area (Å²) in [5.74, 6) is 1.79. The Bertz CT molecular complexity index is 3450. The number of hydrogen-bond acceptors (Lipinski definition) is 4. The first-order valence-electron chi connectivity index (χ1n) is 19.1. The molecule has 0 amide bonds. The third kappa shape index (κ3) is 4.87. The first-order chi connectivity index (χ1) is 28.3. The molecule has 8 aromatic carbocycles. The van der Waals surface area contributed by atoms with E-state index in [4.69, 9.17) is 19.4 Å². The first-order valence-corrected chi connectivity index (χ1v) is 19.1. The van der Waals surface area contributed by atoms with Gasteiger partial charge < -0.3 is 13.6 Å². The fourth-order valence-corrected chi connectivity index (χ4v) is 8.62. The molecule has 0 aliphatic heterocycles. The molecule has 4 aromatic heterocycles. The highest BCUT2D eigenvalue weighted by Gasteiger charge is 2.23. The zero-order valence-electron chi connectivity index (χ0n) is 30.5. The minimum Gasteiger partial charge on any atom is -0.456 e. The van der Waals surface area contributed by atoms with Gasteiger partial charge in [-0.15, -0.1) is 0 Å². The second-order valence-corrected chi connectivity index (χ2v) is 14.4. The van der Waals surface area contributed by atoms with Crippen molar-refractivity contribution >= 4 is 65.6 Å². The number of benzene rings is 8. The Balaban J connectivity index is 1.20. The van der Waals surface area contributed by atoms with Gasteiger partial charge in [0.2, 0.25) is 0 Å². The van der Waals surface area contributed by atoms with Crippen LogP contribution in [0.5, 0.6) is 0 Å². The molecule has 0 unspecified atom stereocenters. The van der Waals surface area contributed by atoms with Crippen LogP contribution in [-0.4, -0.2) is 24.1 Å². The van der Waals surface area contributed by atoms with Gasteiger partial charge in [-0.1, -0.05) is 133 Å². The molecule has 0 saturated carbocycles. The lowest BCUT2D eigenvalue weighted by Gasteiger charge is -2.13. The molecule has 0 radical (unpaired) electrons. The molecule has 12 aromatic rings. The van der Waals surface area contributed by atoms with E-state index in [1.54, 1.807) is 0 Å². The number of furan rings is 1. The predicted molar refractivity (Wildman–Crippen MR) is 232 cm³/mol. The van der Waals surface area contributed by atoms with Crippen molar-refractivity contribution in [1.82, 2.24) is 24.1 Å². The van der Waals surface area contributed by atoms with Gasteiger partial charge in [-0.2, -0.15) is 0 Å². The molecule has 6 nitrogen and oxygen atoms in total. The second-order valence-electron chi connectivity index (χ2n) is 14.4. The average Bonchev–Trinajstić information content (AvgIpc) is 3.93. The Morgan fingerprint density at radius 1 is 0.333 bits per heavy atom. The van der Waals surface area contributed by atoms with Crippen LogP contribution < -0.4 is 0 Å². The van der Waals surface area contributed by atoms with Gasteiger partial charge in [0.15, 0.2) is 17.5 Å². The van der Waals surface area contributed by atoms with Crippen LogP contribution in [0.25, 0.3) is 111 Å². The van der Waals surface area contributed by atoms with Crippen molar-refractivity contribution in [3.63, 3.8) is 0 Å². The van der Waals surface area contributed by atoms with Crippen molar-refractivity contribution in [2.75, 3.05) is 0 Å². The number of fused-ring (bicyclic) bond motifs is 9. The second kappa shape index (κ2) is 12.3. The molecule has 0 aliphatic rings. The summed E-state index contributed by atoms with van der Waals surface area (Å²) in [5, 5.41) is 6.81. The Hall–Kier alpha value is -7.83. The van der Waals surface area contributed by atoms with Crippen LogP contribution in [0.15, 0.2) is 192 Å². The summed E-state index contributed by atoms with van der Waals surface area (Å²) >= 11 is 0. The average molecular weight is 730 g/mol. The highest BCUT2D eigenvalue weighted by Crippen LogP contribution is 2.43. The van der Waals surface area contributed by atoms with Crippen LogP contribution in [0.4, 0.5) is 0 Å². The highest BCUT2D eigenvalue weighted by atomic mass is 16.3. The molecule has 0 N–H and O–H groups in total. The zero-order valence-corrected chi connectivity index (χ0v) is 30.5. The van der Waals surface area contributed by atoms with E-state index in [0.717, 1.165) is 66.6 Å². The van der Waals surface area contributed by atoms with Crippen LogP contribution >= 0.6 is 0 Å². The van der Waals surface area contributed by atoms with Gasteiger partial charge in [0.25, 0.3) is 0 Å². The largest absolute Gasteiger partial charge is 0.456 e. The molecule has 0 fully saturated rings. The number of hydrogen-bond donors (Lipinski definition) is 0. The first kappa shape index (κ1) is 31.5. The van der Waals surface area contributed by atoms with E-state index < -0.39 is 0 Å². The predicted octanol–water partition coefficient (Wildman–Crippen LogP) is 13.0. The normalized spacial score (nSPS) is 11.9. The highest BCUT2D eigenvalue weighted by molar-refractivity contribution is 6.20. The SMILES string of the molecule is c1ccc(-c2nc(-c3ccccc3)nc(-c3cc(-n4c5ccccc5c5cc6c(cc54)c4ccccc4n6-c4ccccc4)c4c(c3)oc3ccccc34)n2)cc1. The minimum atomic E-state index is 0.570. The molecule has 4 heterocycles. The Morgan fingerprint density at radius 3 is 1.42 bits per heavy atom. The lowest BCUT2D eigenvalue weighted by atomic mass is 10.1. The summed E-state index contributed by atoms with van der Waals surface area (Å²) in [4.78, 5) is 15.3. The van der Waals surface area contributed by atoms with Gasteiger partial charge in [0.1, 0.15) is 11.2 Å². The molecule has 0 atom stereocenters. The summed E-state index contributed by atoms with van der Waals surface area (Å²) in [6.07, 6.45) is 0. The van der Waals surface area contributed by atoms with Gasteiger partial charge in [-0.05, 0) is 54.6 Å². The topological polar surface area (TPSA) is 61.7 Å². The summed E-state index contributed by atoms with van der Waals surface area (Å²) < 4.78 is 11.5. The van der Waals surface area contributed by atoms with Crippen LogP contribution in [0.3, 0.4) is 0 Å². The summed E-state index contributed by atoms with van der Waals surface area (Å²) in [6, 6.07) is 65.6. The van der Waals surface area contributed by atoms with Gasteiger partial charge in [0, 0.05) is 49.3 Å². The monoisotopic (exact) mass is 729 g/mol. The van der Waals surface area contributed by atoms with Crippen LogP contribution in [-0.2, 0) is 0 Å². The fraction of sp³-hybridized carbons (Fsp3) is 0. The molecular formula is C51H31N5O. The summed E-state index contributed by atoms with van der Waals surface area (Å²) in [5.41, 5.74) is 10.9. The van der Waals surface area contributed by atoms with Crippen molar-refractivity contribution in [2.45, 2.75) is 0 Å². The third-order valence-electron chi connectivity index (χ3n) is 11.1. The van der Waals surface area contributed by atoms with E-state index >= 15 is 0 Å². The molecule has 0 bridgehead atoms. The summed E-state index contributed by atoms with van der Waals surface area (Å²) in [7, 11) is 0. The lowest BCUT2D eigenvalue weighted by molar-refractivity contribution is 0.669. The maximum atomic E-state index is 6.70. The number of para-hydroxylation sites is 4. The molecule has 0 spiro atoms. The number of aromatic nitrogens is 5. The third-order valence-corrected chi connectivity index (χ3v) is 11.1. The van der Waals surface area contributed by atoms with Gasteiger partial charge in [-0.3, -0.25) is 0 Å². The van der Waals surface area contributed by atoms with E-state index in [9.17, 15) is 0 Å². The van der Waals surface area contributed by atoms with E-state index in [2.05, 4.69) is 124 Å². The van der Waals surface area contributed by atoms with E-state index in [-0.39, 0.29) is 0 Å². The fourth-order valence-electron chi connectivity index (χ4n) is 8.62. The standard InChI is InChI=1S/C51H31N5O/c1-4-16-32(17-5-1)49-52-50(33-18-6-2-7-19-33)54-51(53-49)34-28-45(48-38-24-12-15-27-46(38)57-47(48)29-34)56-42-26-14-11-23-37(42)40-30-43-39(31-44(40)56)36-22-10-13-25-41(36)55(43)35-20-8-3-9-21-35/h1-31H. The van der Waals surface area contributed by atoms with Crippen LogP contribution in [0.2, 0.25) is 0 Å². The van der Waals surface area contributed by atoms with Crippen molar-refractivity contribution in [1.29, 1.82) is 0 Å². The van der Waals surface area contributed by atoms with Gasteiger partial charge in [0.05, 0.1) is 33.1 Å². The van der Waals surface area contributed by atoms with Crippen molar-refractivity contribution in [3.05, 3.63) is 188 Å². The smallest absolute Gasteiger partial charge is 0.164 e. The molecule has 6 heteroatoms. The Kier molecular flexibility index (Phi) is 6.83. The van der Waals surface area contributed by atoms with Crippen molar-refractivity contribution in [2.24, 2.45) is 0 Å². The lowest BCUT2D eigenvalue weighted by Crippen LogP contribution is -2.01. The summed E-state index contributed by atoms with van der Waals surface area (Å²) in [6.45, 7) is 0. The zero-order chi connectivity index (χ0) is 37.5. The molecule has 57 heavy (non-hydrogen) atoms. The van der Waals surface area contributed by atoms with E-state index in [0.29, 0.717) is 17.5 Å². The number of nitrogens with zero attached hydrogens (tertiary/aromatic N) is 5. The maximum absolute atomic E-state index is 6.70.